The lowest BCUT2D eigenvalue weighted by molar-refractivity contribution is -0.137. The molecule has 0 bridgehead atoms. The topological polar surface area (TPSA) is 79.0 Å². The van der Waals surface area contributed by atoms with Crippen molar-refractivity contribution in [2.75, 3.05) is 26.3 Å². The summed E-state index contributed by atoms with van der Waals surface area (Å²) >= 11 is 0. The fourth-order valence-corrected chi connectivity index (χ4v) is 4.34. The van der Waals surface area contributed by atoms with E-state index in [0.29, 0.717) is 25.3 Å². The first-order valence-corrected chi connectivity index (χ1v) is 11.4. The Labute approximate surface area is 202 Å². The number of nitrogens with two attached hydrogens (primary N) is 1. The largest absolute Gasteiger partial charge is 0.489 e. The molecule has 1 heterocycles. The SMILES string of the molecule is NC(CO)(CO)CN1CCc2cc(OCc3ccc(-c4ccccc4C(F)(F)F)cc3)ccc2C1. The summed E-state index contributed by atoms with van der Waals surface area (Å²) in [6.45, 7) is 1.58. The Kier molecular flexibility index (Phi) is 7.47. The van der Waals surface area contributed by atoms with E-state index in [0.717, 1.165) is 35.9 Å². The van der Waals surface area contributed by atoms with Crippen molar-refractivity contribution in [3.8, 4) is 16.9 Å². The minimum Gasteiger partial charge on any atom is -0.489 e. The molecule has 0 amide bonds. The zero-order valence-electron chi connectivity index (χ0n) is 19.3. The highest BCUT2D eigenvalue weighted by Crippen LogP contribution is 2.37. The smallest absolute Gasteiger partial charge is 0.417 e. The normalized spacial score (nSPS) is 14.6. The van der Waals surface area contributed by atoms with Gasteiger partial charge in [0.15, 0.2) is 0 Å². The molecule has 0 aliphatic carbocycles. The van der Waals surface area contributed by atoms with E-state index in [1.54, 1.807) is 30.3 Å². The van der Waals surface area contributed by atoms with Crippen LogP contribution in [-0.4, -0.2) is 47.0 Å². The second-order valence-corrected chi connectivity index (χ2v) is 9.10. The van der Waals surface area contributed by atoms with Gasteiger partial charge in [0, 0.05) is 19.6 Å². The number of alkyl halides is 3. The van der Waals surface area contributed by atoms with Gasteiger partial charge in [-0.15, -0.1) is 0 Å². The maximum Gasteiger partial charge on any atom is 0.417 e. The lowest BCUT2D eigenvalue weighted by atomic mass is 9.96. The van der Waals surface area contributed by atoms with E-state index in [9.17, 15) is 23.4 Å². The van der Waals surface area contributed by atoms with Crippen molar-refractivity contribution in [3.05, 3.63) is 89.0 Å². The van der Waals surface area contributed by atoms with Gasteiger partial charge in [-0.2, -0.15) is 13.2 Å². The molecule has 4 N–H and O–H groups in total. The minimum atomic E-state index is -4.41. The Bertz CT molecular complexity index is 1150. The van der Waals surface area contributed by atoms with E-state index in [1.165, 1.54) is 17.7 Å². The molecular formula is C27H29F3N2O3. The first-order valence-electron chi connectivity index (χ1n) is 11.4. The number of nitrogens with zero attached hydrogens (tertiary/aromatic N) is 1. The fourth-order valence-electron chi connectivity index (χ4n) is 4.34. The van der Waals surface area contributed by atoms with Crippen molar-refractivity contribution in [2.45, 2.75) is 31.3 Å². The number of fused-ring (bicyclic) bond motifs is 1. The summed E-state index contributed by atoms with van der Waals surface area (Å²) in [7, 11) is 0. The first-order chi connectivity index (χ1) is 16.7. The third kappa shape index (κ3) is 6.02. The van der Waals surface area contributed by atoms with Gasteiger partial charge < -0.3 is 20.7 Å². The monoisotopic (exact) mass is 486 g/mol. The first kappa shape index (κ1) is 25.2. The van der Waals surface area contributed by atoms with Crippen molar-refractivity contribution in [1.82, 2.24) is 4.90 Å². The van der Waals surface area contributed by atoms with Gasteiger partial charge >= 0.3 is 6.18 Å². The van der Waals surface area contributed by atoms with Crippen LogP contribution in [0.5, 0.6) is 5.75 Å². The Balaban J connectivity index is 1.38. The third-order valence-corrected chi connectivity index (χ3v) is 6.34. The Morgan fingerprint density at radius 3 is 2.31 bits per heavy atom. The number of halogens is 3. The summed E-state index contributed by atoms with van der Waals surface area (Å²) in [4.78, 5) is 2.12. The zero-order valence-corrected chi connectivity index (χ0v) is 19.3. The molecule has 1 aliphatic heterocycles. The van der Waals surface area contributed by atoms with Gasteiger partial charge in [0.25, 0.3) is 0 Å². The van der Waals surface area contributed by atoms with E-state index in [1.807, 2.05) is 18.2 Å². The van der Waals surface area contributed by atoms with Crippen LogP contribution in [0.3, 0.4) is 0 Å². The van der Waals surface area contributed by atoms with Gasteiger partial charge in [-0.05, 0) is 52.4 Å². The number of hydrogen-bond acceptors (Lipinski definition) is 5. The molecule has 0 aromatic heterocycles. The van der Waals surface area contributed by atoms with Crippen molar-refractivity contribution < 1.29 is 28.1 Å². The van der Waals surface area contributed by atoms with Crippen LogP contribution in [0.15, 0.2) is 66.7 Å². The van der Waals surface area contributed by atoms with E-state index < -0.39 is 17.3 Å². The van der Waals surface area contributed by atoms with Crippen molar-refractivity contribution >= 4 is 0 Å². The third-order valence-electron chi connectivity index (χ3n) is 6.34. The highest BCUT2D eigenvalue weighted by molar-refractivity contribution is 5.68. The van der Waals surface area contributed by atoms with E-state index in [-0.39, 0.29) is 18.8 Å². The van der Waals surface area contributed by atoms with Crippen molar-refractivity contribution in [2.24, 2.45) is 5.73 Å². The summed E-state index contributed by atoms with van der Waals surface area (Å²) in [5.41, 5.74) is 8.18. The van der Waals surface area contributed by atoms with E-state index in [2.05, 4.69) is 4.90 Å². The van der Waals surface area contributed by atoms with Gasteiger partial charge in [-0.25, -0.2) is 0 Å². The Hall–Kier alpha value is -2.91. The molecular weight excluding hydrogens is 457 g/mol. The van der Waals surface area contributed by atoms with Gasteiger partial charge in [-0.1, -0.05) is 48.5 Å². The molecule has 8 heteroatoms. The van der Waals surface area contributed by atoms with Crippen LogP contribution in [0.2, 0.25) is 0 Å². The number of hydrogen-bond donors (Lipinski definition) is 3. The van der Waals surface area contributed by atoms with Gasteiger partial charge in [0.1, 0.15) is 12.4 Å². The van der Waals surface area contributed by atoms with Crippen molar-refractivity contribution in [3.63, 3.8) is 0 Å². The van der Waals surface area contributed by atoms with Crippen LogP contribution in [0.25, 0.3) is 11.1 Å². The van der Waals surface area contributed by atoms with Gasteiger partial charge in [0.2, 0.25) is 0 Å². The summed E-state index contributed by atoms with van der Waals surface area (Å²) in [5.74, 6) is 0.725. The molecule has 5 nitrogen and oxygen atoms in total. The van der Waals surface area contributed by atoms with Crippen LogP contribution in [0, 0.1) is 0 Å². The summed E-state index contributed by atoms with van der Waals surface area (Å²) in [5, 5.41) is 18.9. The molecule has 0 fully saturated rings. The Morgan fingerprint density at radius 1 is 0.914 bits per heavy atom. The van der Waals surface area contributed by atoms with Gasteiger partial charge in [0.05, 0.1) is 24.3 Å². The number of ether oxygens (including phenoxy) is 1. The van der Waals surface area contributed by atoms with E-state index in [4.69, 9.17) is 10.5 Å². The highest BCUT2D eigenvalue weighted by Gasteiger charge is 2.33. The second kappa shape index (κ2) is 10.4. The molecule has 3 aromatic carbocycles. The number of aliphatic hydroxyl groups excluding tert-OH is 2. The maximum atomic E-state index is 13.3. The summed E-state index contributed by atoms with van der Waals surface area (Å²) in [6, 6.07) is 18.4. The lowest BCUT2D eigenvalue weighted by Gasteiger charge is -2.35. The molecule has 0 radical (unpaired) electrons. The number of rotatable bonds is 8. The lowest BCUT2D eigenvalue weighted by Crippen LogP contribution is -2.56. The quantitative estimate of drug-likeness (QED) is 0.449. The van der Waals surface area contributed by atoms with Crippen LogP contribution in [-0.2, 0) is 25.7 Å². The summed E-state index contributed by atoms with van der Waals surface area (Å²) < 4.78 is 45.9. The molecule has 0 saturated heterocycles. The fraction of sp³-hybridized carbons (Fsp3) is 0.333. The van der Waals surface area contributed by atoms with Crippen LogP contribution in [0.1, 0.15) is 22.3 Å². The molecule has 186 valence electrons. The van der Waals surface area contributed by atoms with Crippen LogP contribution >= 0.6 is 0 Å². The van der Waals surface area contributed by atoms with E-state index >= 15 is 0 Å². The second-order valence-electron chi connectivity index (χ2n) is 9.10. The molecule has 35 heavy (non-hydrogen) atoms. The summed E-state index contributed by atoms with van der Waals surface area (Å²) in [6.07, 6.45) is -3.61. The van der Waals surface area contributed by atoms with Crippen molar-refractivity contribution in [1.29, 1.82) is 0 Å². The average Bonchev–Trinajstić information content (AvgIpc) is 2.87. The highest BCUT2D eigenvalue weighted by atomic mass is 19.4. The van der Waals surface area contributed by atoms with Crippen LogP contribution < -0.4 is 10.5 Å². The number of aliphatic hydroxyl groups is 2. The van der Waals surface area contributed by atoms with Crippen LogP contribution in [0.4, 0.5) is 13.2 Å². The Morgan fingerprint density at radius 2 is 1.63 bits per heavy atom. The molecule has 0 unspecified atom stereocenters. The molecule has 4 rings (SSSR count). The number of benzene rings is 3. The van der Waals surface area contributed by atoms with Gasteiger partial charge in [-0.3, -0.25) is 4.90 Å². The molecule has 0 atom stereocenters. The molecule has 1 aliphatic rings. The molecule has 0 spiro atoms. The average molecular weight is 487 g/mol. The molecule has 0 saturated carbocycles. The predicted molar refractivity (Wildman–Crippen MR) is 128 cm³/mol. The molecule has 3 aromatic rings. The zero-order chi connectivity index (χ0) is 25.1. The standard InChI is InChI=1S/C27H29F3N2O3/c28-27(29,30)25-4-2-1-3-24(25)20-7-5-19(6-8-20)15-35-23-10-9-22-14-32(12-11-21(22)13-23)16-26(31,17-33)18-34/h1-10,13,33-34H,11-12,14-18,31H2. The minimum absolute atomic E-state index is 0.154. The predicted octanol–water partition coefficient (Wildman–Crippen LogP) is 3.99. The maximum absolute atomic E-state index is 13.3.